The zero-order valence-corrected chi connectivity index (χ0v) is 12.3. The van der Waals surface area contributed by atoms with Crippen LogP contribution in [-0.2, 0) is 10.0 Å². The molecule has 8 heteroatoms. The summed E-state index contributed by atoms with van der Waals surface area (Å²) in [6, 6.07) is 10.1. The lowest BCUT2D eigenvalue weighted by atomic mass is 10.2. The molecule has 0 bridgehead atoms. The highest BCUT2D eigenvalue weighted by molar-refractivity contribution is 7.94. The van der Waals surface area contributed by atoms with Gasteiger partial charge in [0.2, 0.25) is 0 Å². The number of thiophene rings is 1. The lowest BCUT2D eigenvalue weighted by Crippen LogP contribution is -2.11. The standard InChI is InChI=1S/C13H10N4O2S2/c14-6-8-7-16-13-9(8)2-1-3-10(13)17-21(18,19)12-5-4-11(15)20-12/h1-5,7,16-17H,15H2. The van der Waals surface area contributed by atoms with Crippen LogP contribution in [0.2, 0.25) is 0 Å². The van der Waals surface area contributed by atoms with Crippen molar-refractivity contribution < 1.29 is 8.42 Å². The third-order valence-electron chi connectivity index (χ3n) is 2.95. The third kappa shape index (κ3) is 2.33. The van der Waals surface area contributed by atoms with E-state index in [2.05, 4.69) is 15.8 Å². The van der Waals surface area contributed by atoms with Crippen LogP contribution in [0.3, 0.4) is 0 Å². The molecule has 3 rings (SSSR count). The van der Waals surface area contributed by atoms with Gasteiger partial charge in [0, 0.05) is 11.6 Å². The molecule has 3 aromatic rings. The van der Waals surface area contributed by atoms with E-state index in [4.69, 9.17) is 11.0 Å². The Morgan fingerprint density at radius 1 is 1.29 bits per heavy atom. The number of nitriles is 1. The number of nitrogens with two attached hydrogens (primary N) is 1. The molecule has 2 aromatic heterocycles. The van der Waals surface area contributed by atoms with E-state index >= 15 is 0 Å². The minimum Gasteiger partial charge on any atom is -0.391 e. The Bertz CT molecular complexity index is 964. The summed E-state index contributed by atoms with van der Waals surface area (Å²) in [5, 5.41) is 10.1. The van der Waals surface area contributed by atoms with Gasteiger partial charge in [0.15, 0.2) is 0 Å². The number of fused-ring (bicyclic) bond motifs is 1. The topological polar surface area (TPSA) is 112 Å². The van der Waals surface area contributed by atoms with Crippen LogP contribution in [0.4, 0.5) is 10.7 Å². The molecule has 106 valence electrons. The first-order valence-electron chi connectivity index (χ1n) is 5.89. The molecule has 2 heterocycles. The van der Waals surface area contributed by atoms with Crippen molar-refractivity contribution in [2.75, 3.05) is 10.5 Å². The minimum absolute atomic E-state index is 0.143. The van der Waals surface area contributed by atoms with E-state index in [1.807, 2.05) is 0 Å². The quantitative estimate of drug-likeness (QED) is 0.688. The maximum absolute atomic E-state index is 12.3. The molecule has 0 unspecified atom stereocenters. The Hall–Kier alpha value is -2.50. The predicted molar refractivity (Wildman–Crippen MR) is 82.6 cm³/mol. The Morgan fingerprint density at radius 3 is 2.76 bits per heavy atom. The van der Waals surface area contributed by atoms with Gasteiger partial charge in [-0.1, -0.05) is 12.1 Å². The normalized spacial score (nSPS) is 11.4. The molecule has 4 N–H and O–H groups in total. The van der Waals surface area contributed by atoms with Crippen LogP contribution in [-0.4, -0.2) is 13.4 Å². The number of rotatable bonds is 3. The first-order chi connectivity index (χ1) is 10.0. The summed E-state index contributed by atoms with van der Waals surface area (Å²) in [4.78, 5) is 2.92. The second kappa shape index (κ2) is 4.80. The Morgan fingerprint density at radius 2 is 2.10 bits per heavy atom. The molecule has 0 spiro atoms. The number of nitrogens with zero attached hydrogens (tertiary/aromatic N) is 1. The number of sulfonamides is 1. The number of para-hydroxylation sites is 1. The zero-order valence-electron chi connectivity index (χ0n) is 10.6. The summed E-state index contributed by atoms with van der Waals surface area (Å²) in [6.07, 6.45) is 1.55. The van der Waals surface area contributed by atoms with E-state index in [1.54, 1.807) is 30.5 Å². The SMILES string of the molecule is N#Cc1c[nH]c2c(NS(=O)(=O)c3ccc(N)s3)cccc12. The summed E-state index contributed by atoms with van der Waals surface area (Å²) >= 11 is 0.994. The minimum atomic E-state index is -3.70. The molecule has 0 aliphatic heterocycles. The molecule has 0 amide bonds. The van der Waals surface area contributed by atoms with Crippen molar-refractivity contribution in [3.05, 3.63) is 42.1 Å². The summed E-state index contributed by atoms with van der Waals surface area (Å²) in [5.74, 6) is 0. The molecule has 0 fully saturated rings. The zero-order chi connectivity index (χ0) is 15.0. The van der Waals surface area contributed by atoms with Gasteiger partial charge in [0.25, 0.3) is 10.0 Å². The van der Waals surface area contributed by atoms with Gasteiger partial charge >= 0.3 is 0 Å². The molecule has 0 radical (unpaired) electrons. The van der Waals surface area contributed by atoms with Crippen molar-refractivity contribution in [2.45, 2.75) is 4.21 Å². The van der Waals surface area contributed by atoms with Crippen molar-refractivity contribution in [1.29, 1.82) is 5.26 Å². The third-order valence-corrected chi connectivity index (χ3v) is 5.72. The first-order valence-corrected chi connectivity index (χ1v) is 8.19. The predicted octanol–water partition coefficient (Wildman–Crippen LogP) is 2.48. The fraction of sp³-hybridized carbons (Fsp3) is 0. The van der Waals surface area contributed by atoms with Gasteiger partial charge in [-0.15, -0.1) is 11.3 Å². The average Bonchev–Trinajstić information content (AvgIpc) is 3.05. The number of H-pyrrole nitrogens is 1. The van der Waals surface area contributed by atoms with Crippen molar-refractivity contribution in [3.8, 4) is 6.07 Å². The highest BCUT2D eigenvalue weighted by atomic mass is 32.2. The molecule has 0 saturated heterocycles. The Balaban J connectivity index is 2.06. The smallest absolute Gasteiger partial charge is 0.271 e. The highest BCUT2D eigenvalue weighted by Gasteiger charge is 2.18. The van der Waals surface area contributed by atoms with E-state index < -0.39 is 10.0 Å². The molecule has 0 atom stereocenters. The Labute approximate surface area is 124 Å². The van der Waals surface area contributed by atoms with E-state index in [1.165, 1.54) is 6.07 Å². The van der Waals surface area contributed by atoms with Crippen LogP contribution in [0.5, 0.6) is 0 Å². The van der Waals surface area contributed by atoms with Crippen molar-refractivity contribution in [1.82, 2.24) is 4.98 Å². The van der Waals surface area contributed by atoms with Gasteiger partial charge in [0.1, 0.15) is 10.3 Å². The molecular formula is C13H10N4O2S2. The van der Waals surface area contributed by atoms with E-state index in [9.17, 15) is 8.42 Å². The van der Waals surface area contributed by atoms with Crippen LogP contribution in [0, 0.1) is 11.3 Å². The van der Waals surface area contributed by atoms with Crippen LogP contribution in [0.1, 0.15) is 5.56 Å². The van der Waals surface area contributed by atoms with Gasteiger partial charge in [-0.25, -0.2) is 8.42 Å². The van der Waals surface area contributed by atoms with E-state index in [-0.39, 0.29) is 4.21 Å². The van der Waals surface area contributed by atoms with Crippen molar-refractivity contribution >= 4 is 43.0 Å². The molecule has 0 saturated carbocycles. The molecule has 1 aromatic carbocycles. The Kier molecular flexibility index (Phi) is 3.08. The molecule has 21 heavy (non-hydrogen) atoms. The summed E-state index contributed by atoms with van der Waals surface area (Å²) < 4.78 is 27.3. The summed E-state index contributed by atoms with van der Waals surface area (Å²) in [5.41, 5.74) is 6.99. The molecular weight excluding hydrogens is 308 g/mol. The largest absolute Gasteiger partial charge is 0.391 e. The number of nitrogen functional groups attached to an aromatic ring is 1. The summed E-state index contributed by atoms with van der Waals surface area (Å²) in [7, 11) is -3.70. The van der Waals surface area contributed by atoms with Gasteiger partial charge in [-0.05, 0) is 18.2 Å². The fourth-order valence-corrected chi connectivity index (χ4v) is 4.17. The maximum Gasteiger partial charge on any atom is 0.271 e. The number of hydrogen-bond acceptors (Lipinski definition) is 5. The van der Waals surface area contributed by atoms with Crippen LogP contribution >= 0.6 is 11.3 Å². The number of benzene rings is 1. The van der Waals surface area contributed by atoms with E-state index in [0.717, 1.165) is 11.3 Å². The fourth-order valence-electron chi connectivity index (χ4n) is 2.01. The van der Waals surface area contributed by atoms with Crippen LogP contribution in [0.25, 0.3) is 10.9 Å². The van der Waals surface area contributed by atoms with Crippen LogP contribution < -0.4 is 10.5 Å². The second-order valence-electron chi connectivity index (χ2n) is 4.30. The summed E-state index contributed by atoms with van der Waals surface area (Å²) in [6.45, 7) is 0. The average molecular weight is 318 g/mol. The number of nitrogens with one attached hydrogen (secondary N) is 2. The van der Waals surface area contributed by atoms with Crippen molar-refractivity contribution in [3.63, 3.8) is 0 Å². The first kappa shape index (κ1) is 13.5. The van der Waals surface area contributed by atoms with Gasteiger partial charge in [0.05, 0.1) is 21.8 Å². The lowest BCUT2D eigenvalue weighted by molar-refractivity contribution is 0.603. The van der Waals surface area contributed by atoms with Crippen molar-refractivity contribution in [2.24, 2.45) is 0 Å². The van der Waals surface area contributed by atoms with Gasteiger partial charge < -0.3 is 10.7 Å². The molecule has 0 aliphatic rings. The van der Waals surface area contributed by atoms with Crippen LogP contribution in [0.15, 0.2) is 40.7 Å². The number of aromatic amines is 1. The number of aromatic nitrogens is 1. The molecule has 6 nitrogen and oxygen atoms in total. The number of hydrogen-bond donors (Lipinski definition) is 3. The number of anilines is 2. The monoisotopic (exact) mass is 318 g/mol. The maximum atomic E-state index is 12.3. The lowest BCUT2D eigenvalue weighted by Gasteiger charge is -2.07. The second-order valence-corrected chi connectivity index (χ2v) is 7.33. The highest BCUT2D eigenvalue weighted by Crippen LogP contribution is 2.29. The van der Waals surface area contributed by atoms with Gasteiger partial charge in [-0.2, -0.15) is 5.26 Å². The van der Waals surface area contributed by atoms with E-state index in [0.29, 0.717) is 27.2 Å². The van der Waals surface area contributed by atoms with Gasteiger partial charge in [-0.3, -0.25) is 4.72 Å². The molecule has 0 aliphatic carbocycles.